The maximum absolute atomic E-state index is 10.5. The van der Waals surface area contributed by atoms with E-state index in [1.54, 1.807) is 7.11 Å². The van der Waals surface area contributed by atoms with Crippen molar-refractivity contribution in [3.8, 4) is 5.75 Å². The number of carbonyl (C=O) groups is 1. The molecule has 0 heterocycles. The Hall–Kier alpha value is -1.59. The van der Waals surface area contributed by atoms with Crippen molar-refractivity contribution in [2.45, 2.75) is 12.5 Å². The van der Waals surface area contributed by atoms with E-state index in [9.17, 15) is 4.79 Å². The molecule has 1 aromatic rings. The Morgan fingerprint density at radius 1 is 1.37 bits per heavy atom. The van der Waals surface area contributed by atoms with E-state index in [-0.39, 0.29) is 12.5 Å². The van der Waals surface area contributed by atoms with Crippen molar-refractivity contribution >= 4 is 5.97 Å². The number of methoxy groups -OCH3 is 1. The molecular formula is C14H22N2O3. The molecule has 0 spiro atoms. The second kappa shape index (κ2) is 7.76. The second-order valence-electron chi connectivity index (χ2n) is 4.60. The molecule has 0 saturated carbocycles. The first-order valence-electron chi connectivity index (χ1n) is 6.27. The highest BCUT2D eigenvalue weighted by molar-refractivity contribution is 5.66. The zero-order chi connectivity index (χ0) is 14.3. The molecule has 1 rings (SSSR count). The fourth-order valence-corrected chi connectivity index (χ4v) is 1.86. The van der Waals surface area contributed by atoms with Crippen LogP contribution in [-0.2, 0) is 4.79 Å². The topological polar surface area (TPSA) is 61.8 Å². The van der Waals surface area contributed by atoms with Gasteiger partial charge in [-0.1, -0.05) is 12.1 Å². The molecule has 0 bridgehead atoms. The summed E-state index contributed by atoms with van der Waals surface area (Å²) >= 11 is 0. The molecule has 2 N–H and O–H groups in total. The number of carboxylic acid groups (broad SMARTS) is 1. The molecule has 0 aliphatic carbocycles. The monoisotopic (exact) mass is 266 g/mol. The Labute approximate surface area is 114 Å². The van der Waals surface area contributed by atoms with Crippen LogP contribution in [0.1, 0.15) is 18.0 Å². The van der Waals surface area contributed by atoms with Crippen LogP contribution >= 0.6 is 0 Å². The lowest BCUT2D eigenvalue weighted by atomic mass is 10.1. The highest BCUT2D eigenvalue weighted by Gasteiger charge is 2.13. The maximum Gasteiger partial charge on any atom is 0.304 e. The molecule has 0 saturated heterocycles. The van der Waals surface area contributed by atoms with Crippen molar-refractivity contribution in [2.24, 2.45) is 0 Å². The summed E-state index contributed by atoms with van der Waals surface area (Å²) in [7, 11) is 5.66. The summed E-state index contributed by atoms with van der Waals surface area (Å²) in [5.41, 5.74) is 1.17. The largest absolute Gasteiger partial charge is 0.497 e. The highest BCUT2D eigenvalue weighted by Crippen LogP contribution is 2.20. The quantitative estimate of drug-likeness (QED) is 0.696. The molecule has 0 amide bonds. The van der Waals surface area contributed by atoms with Crippen molar-refractivity contribution in [2.75, 3.05) is 34.3 Å². The highest BCUT2D eigenvalue weighted by atomic mass is 16.5. The van der Waals surface area contributed by atoms with Gasteiger partial charge >= 0.3 is 5.97 Å². The standard InChI is InChI=1S/C14H22N2O3/c1-16(2)13(10-15-9-8-14(17)18)11-4-6-12(19-3)7-5-11/h4-7,13,15H,8-10H2,1-3H3,(H,17,18)/t13-/m1/s1. The van der Waals surface area contributed by atoms with E-state index in [0.29, 0.717) is 13.1 Å². The Morgan fingerprint density at radius 2 is 2.00 bits per heavy atom. The summed E-state index contributed by atoms with van der Waals surface area (Å²) in [4.78, 5) is 12.6. The van der Waals surface area contributed by atoms with E-state index in [1.807, 2.05) is 38.4 Å². The van der Waals surface area contributed by atoms with Crippen molar-refractivity contribution in [1.82, 2.24) is 10.2 Å². The minimum atomic E-state index is -0.779. The summed E-state index contributed by atoms with van der Waals surface area (Å²) in [6, 6.07) is 8.14. The number of nitrogens with zero attached hydrogens (tertiary/aromatic N) is 1. The van der Waals surface area contributed by atoms with Crippen LogP contribution in [0.15, 0.2) is 24.3 Å². The molecule has 0 aliphatic rings. The van der Waals surface area contributed by atoms with E-state index in [2.05, 4.69) is 10.2 Å². The first-order chi connectivity index (χ1) is 9.04. The van der Waals surface area contributed by atoms with E-state index in [4.69, 9.17) is 9.84 Å². The predicted molar refractivity (Wildman–Crippen MR) is 74.5 cm³/mol. The number of hydrogen-bond acceptors (Lipinski definition) is 4. The lowest BCUT2D eigenvalue weighted by Crippen LogP contribution is -2.32. The molecule has 106 valence electrons. The van der Waals surface area contributed by atoms with Crippen molar-refractivity contribution in [3.63, 3.8) is 0 Å². The van der Waals surface area contributed by atoms with Gasteiger partial charge in [0, 0.05) is 19.1 Å². The van der Waals surface area contributed by atoms with Gasteiger partial charge in [-0.3, -0.25) is 4.79 Å². The molecule has 0 unspecified atom stereocenters. The van der Waals surface area contributed by atoms with E-state index in [1.165, 1.54) is 5.56 Å². The predicted octanol–water partition coefficient (Wildman–Crippen LogP) is 1.36. The molecule has 1 aromatic carbocycles. The van der Waals surface area contributed by atoms with E-state index < -0.39 is 5.97 Å². The summed E-state index contributed by atoms with van der Waals surface area (Å²) in [5, 5.41) is 11.8. The number of rotatable bonds is 8. The zero-order valence-corrected chi connectivity index (χ0v) is 11.7. The SMILES string of the molecule is COc1ccc([C@@H](CNCCC(=O)O)N(C)C)cc1. The van der Waals surface area contributed by atoms with Gasteiger partial charge in [0.15, 0.2) is 0 Å². The number of ether oxygens (including phenoxy) is 1. The van der Waals surface area contributed by atoms with Crippen LogP contribution in [0.4, 0.5) is 0 Å². The van der Waals surface area contributed by atoms with Gasteiger partial charge in [-0.15, -0.1) is 0 Å². The van der Waals surface area contributed by atoms with Gasteiger partial charge < -0.3 is 20.1 Å². The Bertz CT molecular complexity index is 390. The molecule has 0 fully saturated rings. The maximum atomic E-state index is 10.5. The summed E-state index contributed by atoms with van der Waals surface area (Å²) in [5.74, 6) is 0.0541. The lowest BCUT2D eigenvalue weighted by Gasteiger charge is -2.25. The smallest absolute Gasteiger partial charge is 0.304 e. The zero-order valence-electron chi connectivity index (χ0n) is 11.7. The van der Waals surface area contributed by atoms with Crippen LogP contribution in [-0.4, -0.2) is 50.3 Å². The van der Waals surface area contributed by atoms with E-state index in [0.717, 1.165) is 5.75 Å². The molecule has 5 nitrogen and oxygen atoms in total. The molecule has 19 heavy (non-hydrogen) atoms. The molecule has 1 atom stereocenters. The number of carboxylic acids is 1. The third kappa shape index (κ3) is 5.28. The van der Waals surface area contributed by atoms with Crippen LogP contribution in [0.2, 0.25) is 0 Å². The molecule has 0 aromatic heterocycles. The third-order valence-electron chi connectivity index (χ3n) is 2.98. The average molecular weight is 266 g/mol. The minimum Gasteiger partial charge on any atom is -0.497 e. The fourth-order valence-electron chi connectivity index (χ4n) is 1.86. The van der Waals surface area contributed by atoms with Crippen LogP contribution in [0, 0.1) is 0 Å². The summed E-state index contributed by atoms with van der Waals surface area (Å²) in [6.07, 6.45) is 0.142. The van der Waals surface area contributed by atoms with Crippen molar-refractivity contribution in [3.05, 3.63) is 29.8 Å². The third-order valence-corrected chi connectivity index (χ3v) is 2.98. The van der Waals surface area contributed by atoms with Gasteiger partial charge in [0.05, 0.1) is 13.5 Å². The first kappa shape index (κ1) is 15.5. The van der Waals surface area contributed by atoms with Crippen LogP contribution in [0.25, 0.3) is 0 Å². The van der Waals surface area contributed by atoms with Gasteiger partial charge in [-0.25, -0.2) is 0 Å². The number of likely N-dealkylation sites (N-methyl/N-ethyl adjacent to an activating group) is 1. The summed E-state index contributed by atoms with van der Waals surface area (Å²) < 4.78 is 5.14. The van der Waals surface area contributed by atoms with Crippen LogP contribution in [0.5, 0.6) is 5.75 Å². The van der Waals surface area contributed by atoms with Gasteiger partial charge in [-0.2, -0.15) is 0 Å². The van der Waals surface area contributed by atoms with Crippen LogP contribution in [0.3, 0.4) is 0 Å². The van der Waals surface area contributed by atoms with Gasteiger partial charge in [0.25, 0.3) is 0 Å². The second-order valence-corrected chi connectivity index (χ2v) is 4.60. The molecular weight excluding hydrogens is 244 g/mol. The average Bonchev–Trinajstić information content (AvgIpc) is 2.38. The summed E-state index contributed by atoms with van der Waals surface area (Å²) in [6.45, 7) is 1.20. The van der Waals surface area contributed by atoms with Gasteiger partial charge in [-0.05, 0) is 31.8 Å². The Morgan fingerprint density at radius 3 is 2.47 bits per heavy atom. The lowest BCUT2D eigenvalue weighted by molar-refractivity contribution is -0.136. The molecule has 0 aliphatic heterocycles. The van der Waals surface area contributed by atoms with Crippen molar-refractivity contribution in [1.29, 1.82) is 0 Å². The van der Waals surface area contributed by atoms with E-state index >= 15 is 0 Å². The number of hydrogen-bond donors (Lipinski definition) is 2. The Kier molecular flexibility index (Phi) is 6.32. The van der Waals surface area contributed by atoms with Crippen LogP contribution < -0.4 is 10.1 Å². The fraction of sp³-hybridized carbons (Fsp3) is 0.500. The molecule has 0 radical (unpaired) electrons. The normalized spacial score (nSPS) is 12.4. The minimum absolute atomic E-state index is 0.142. The first-order valence-corrected chi connectivity index (χ1v) is 6.27. The molecule has 5 heteroatoms. The van der Waals surface area contributed by atoms with Gasteiger partial charge in [0.2, 0.25) is 0 Å². The Balaban J connectivity index is 2.58. The number of aliphatic carboxylic acids is 1. The number of nitrogens with one attached hydrogen (secondary N) is 1. The van der Waals surface area contributed by atoms with Gasteiger partial charge in [0.1, 0.15) is 5.75 Å². The van der Waals surface area contributed by atoms with Crippen molar-refractivity contribution < 1.29 is 14.6 Å². The number of benzene rings is 1.